The number of rotatable bonds is 6. The van der Waals surface area contributed by atoms with Crippen LogP contribution in [0.1, 0.15) is 22.8 Å². The molecule has 0 spiro atoms. The zero-order chi connectivity index (χ0) is 16.8. The summed E-state index contributed by atoms with van der Waals surface area (Å²) in [6.07, 6.45) is 1.74. The minimum absolute atomic E-state index is 0.338. The molecule has 0 amide bonds. The second kappa shape index (κ2) is 7.84. The first-order valence-electron chi connectivity index (χ1n) is 7.77. The lowest BCUT2D eigenvalue weighted by Crippen LogP contribution is -2.04. The van der Waals surface area contributed by atoms with Gasteiger partial charge in [-0.25, -0.2) is 9.48 Å². The summed E-state index contributed by atoms with van der Waals surface area (Å²) in [7, 11) is 0. The van der Waals surface area contributed by atoms with E-state index < -0.39 is 0 Å². The lowest BCUT2D eigenvalue weighted by atomic mass is 10.2. The first-order valence-corrected chi connectivity index (χ1v) is 8.75. The second-order valence-electron chi connectivity index (χ2n) is 5.12. The minimum atomic E-state index is -0.338. The van der Waals surface area contributed by atoms with Gasteiger partial charge in [-0.05, 0) is 24.6 Å². The Hall–Kier alpha value is -2.53. The lowest BCUT2D eigenvalue weighted by molar-refractivity contribution is 0.0522. The summed E-state index contributed by atoms with van der Waals surface area (Å²) in [6.45, 7) is 2.15. The first kappa shape index (κ1) is 16.3. The number of carbonyl (C=O) groups is 1. The molecule has 2 aromatic carbocycles. The highest BCUT2D eigenvalue weighted by Gasteiger charge is 2.18. The third-order valence-electron chi connectivity index (χ3n) is 3.41. The molecule has 0 saturated carbocycles. The molecule has 3 aromatic rings. The fourth-order valence-electron chi connectivity index (χ4n) is 2.25. The molecule has 24 heavy (non-hydrogen) atoms. The van der Waals surface area contributed by atoms with Gasteiger partial charge < -0.3 is 4.74 Å². The van der Waals surface area contributed by atoms with E-state index in [1.165, 1.54) is 17.3 Å². The molecule has 1 aromatic heterocycles. The minimum Gasteiger partial charge on any atom is -0.462 e. The average molecular weight is 338 g/mol. The fourth-order valence-corrected chi connectivity index (χ4v) is 3.19. The molecular formula is C19H18N2O2S. The van der Waals surface area contributed by atoms with Crippen LogP contribution in [0.2, 0.25) is 0 Å². The molecule has 0 aliphatic rings. The van der Waals surface area contributed by atoms with Crippen LogP contribution in [-0.4, -0.2) is 22.4 Å². The molecule has 0 aliphatic heterocycles. The number of hydrogen-bond acceptors (Lipinski definition) is 4. The summed E-state index contributed by atoms with van der Waals surface area (Å²) in [5.74, 6) is 0.411. The molecular weight excluding hydrogens is 320 g/mol. The van der Waals surface area contributed by atoms with Crippen LogP contribution >= 0.6 is 11.8 Å². The highest BCUT2D eigenvalue weighted by molar-refractivity contribution is 7.98. The summed E-state index contributed by atoms with van der Waals surface area (Å²) in [5.41, 5.74) is 2.60. The van der Waals surface area contributed by atoms with Crippen molar-refractivity contribution in [2.75, 3.05) is 6.61 Å². The number of para-hydroxylation sites is 1. The molecule has 5 heteroatoms. The molecule has 0 bridgehead atoms. The smallest absolute Gasteiger partial charge is 0.342 e. The molecule has 0 aliphatic carbocycles. The maximum atomic E-state index is 12.2. The Bertz CT molecular complexity index is 801. The summed E-state index contributed by atoms with van der Waals surface area (Å²) < 4.78 is 6.89. The molecule has 122 valence electrons. The number of hydrogen-bond donors (Lipinski definition) is 0. The van der Waals surface area contributed by atoms with Crippen LogP contribution in [0.4, 0.5) is 0 Å². The topological polar surface area (TPSA) is 44.1 Å². The van der Waals surface area contributed by atoms with Crippen molar-refractivity contribution in [3.8, 4) is 5.69 Å². The van der Waals surface area contributed by atoms with E-state index in [1.54, 1.807) is 17.8 Å². The highest BCUT2D eigenvalue weighted by atomic mass is 32.2. The van der Waals surface area contributed by atoms with Gasteiger partial charge >= 0.3 is 5.97 Å². The molecule has 0 fully saturated rings. The summed E-state index contributed by atoms with van der Waals surface area (Å²) in [4.78, 5) is 12.2. The van der Waals surface area contributed by atoms with Crippen molar-refractivity contribution in [1.82, 2.24) is 9.78 Å². The number of esters is 1. The molecule has 0 N–H and O–H groups in total. The molecule has 4 nitrogen and oxygen atoms in total. The normalized spacial score (nSPS) is 10.5. The van der Waals surface area contributed by atoms with Gasteiger partial charge in [0.1, 0.15) is 10.6 Å². The molecule has 1 heterocycles. The monoisotopic (exact) mass is 338 g/mol. The molecule has 0 radical (unpaired) electrons. The third kappa shape index (κ3) is 3.86. The highest BCUT2D eigenvalue weighted by Crippen LogP contribution is 2.26. The molecule has 0 saturated heterocycles. The Kier molecular flexibility index (Phi) is 5.33. The Morgan fingerprint density at radius 3 is 2.42 bits per heavy atom. The number of ether oxygens (including phenoxy) is 1. The predicted molar refractivity (Wildman–Crippen MR) is 95.5 cm³/mol. The van der Waals surface area contributed by atoms with Crippen LogP contribution in [0.3, 0.4) is 0 Å². The Morgan fingerprint density at radius 2 is 1.75 bits per heavy atom. The maximum Gasteiger partial charge on any atom is 0.342 e. The van der Waals surface area contributed by atoms with Crippen LogP contribution in [0, 0.1) is 0 Å². The van der Waals surface area contributed by atoms with Crippen LogP contribution < -0.4 is 0 Å². The van der Waals surface area contributed by atoms with Gasteiger partial charge in [-0.2, -0.15) is 5.10 Å². The maximum absolute atomic E-state index is 12.2. The quantitative estimate of drug-likeness (QED) is 0.495. The number of carbonyl (C=O) groups excluding carboxylic acids is 1. The van der Waals surface area contributed by atoms with Crippen LogP contribution in [-0.2, 0) is 10.5 Å². The van der Waals surface area contributed by atoms with E-state index in [0.717, 1.165) is 11.4 Å². The van der Waals surface area contributed by atoms with E-state index in [4.69, 9.17) is 4.74 Å². The van der Waals surface area contributed by atoms with Crippen molar-refractivity contribution >= 4 is 17.7 Å². The van der Waals surface area contributed by atoms with Crippen LogP contribution in [0.15, 0.2) is 71.9 Å². The lowest BCUT2D eigenvalue weighted by Gasteiger charge is -2.02. The van der Waals surface area contributed by atoms with Gasteiger partial charge in [-0.15, -0.1) is 0 Å². The van der Waals surface area contributed by atoms with E-state index in [-0.39, 0.29) is 5.97 Å². The van der Waals surface area contributed by atoms with Gasteiger partial charge in [0.15, 0.2) is 0 Å². The number of aromatic nitrogens is 2. The van der Waals surface area contributed by atoms with E-state index in [0.29, 0.717) is 17.2 Å². The second-order valence-corrected chi connectivity index (χ2v) is 6.09. The van der Waals surface area contributed by atoms with E-state index >= 15 is 0 Å². The Balaban J connectivity index is 1.87. The van der Waals surface area contributed by atoms with Crippen molar-refractivity contribution in [2.24, 2.45) is 0 Å². The van der Waals surface area contributed by atoms with Crippen molar-refractivity contribution in [2.45, 2.75) is 17.7 Å². The average Bonchev–Trinajstić information content (AvgIpc) is 3.06. The third-order valence-corrected chi connectivity index (χ3v) is 4.47. The van der Waals surface area contributed by atoms with Crippen molar-refractivity contribution in [1.29, 1.82) is 0 Å². The Morgan fingerprint density at radius 1 is 1.08 bits per heavy atom. The van der Waals surface area contributed by atoms with Gasteiger partial charge in [0, 0.05) is 11.9 Å². The molecule has 0 atom stereocenters. The van der Waals surface area contributed by atoms with Crippen molar-refractivity contribution in [3.05, 3.63) is 78.0 Å². The molecule has 0 unspecified atom stereocenters. The van der Waals surface area contributed by atoms with Gasteiger partial charge in [0.25, 0.3) is 0 Å². The van der Waals surface area contributed by atoms with Gasteiger partial charge in [-0.1, -0.05) is 60.3 Å². The Labute approximate surface area is 145 Å². The van der Waals surface area contributed by atoms with Gasteiger partial charge in [0.05, 0.1) is 12.3 Å². The fraction of sp³-hybridized carbons (Fsp3) is 0.158. The van der Waals surface area contributed by atoms with Crippen molar-refractivity contribution in [3.63, 3.8) is 0 Å². The predicted octanol–water partition coefficient (Wildman–Crippen LogP) is 4.34. The largest absolute Gasteiger partial charge is 0.462 e. The van der Waals surface area contributed by atoms with E-state index in [2.05, 4.69) is 17.2 Å². The number of benzene rings is 2. The summed E-state index contributed by atoms with van der Waals surface area (Å²) in [6, 6.07) is 19.9. The zero-order valence-corrected chi connectivity index (χ0v) is 14.2. The van der Waals surface area contributed by atoms with Gasteiger partial charge in [0.2, 0.25) is 0 Å². The van der Waals surface area contributed by atoms with Gasteiger partial charge in [-0.3, -0.25) is 0 Å². The summed E-state index contributed by atoms with van der Waals surface area (Å²) in [5, 5.41) is 5.26. The zero-order valence-electron chi connectivity index (χ0n) is 13.4. The van der Waals surface area contributed by atoms with Crippen LogP contribution in [0.5, 0.6) is 0 Å². The van der Waals surface area contributed by atoms with E-state index in [1.807, 2.05) is 48.5 Å². The SMILES string of the molecule is CCOC(=O)c1cn(-c2ccccc2)nc1SCc1ccccc1. The van der Waals surface area contributed by atoms with Crippen molar-refractivity contribution < 1.29 is 9.53 Å². The first-order chi connectivity index (χ1) is 11.8. The van der Waals surface area contributed by atoms with E-state index in [9.17, 15) is 4.79 Å². The molecule has 3 rings (SSSR count). The number of thioether (sulfide) groups is 1. The number of nitrogens with zero attached hydrogens (tertiary/aromatic N) is 2. The summed E-state index contributed by atoms with van der Waals surface area (Å²) >= 11 is 1.54. The van der Waals surface area contributed by atoms with Crippen LogP contribution in [0.25, 0.3) is 5.69 Å². The standard InChI is InChI=1S/C19H18N2O2S/c1-2-23-19(22)17-13-21(16-11-7-4-8-12-16)20-18(17)24-14-15-9-5-3-6-10-15/h3-13H,2,14H2,1H3.